The highest BCUT2D eigenvalue weighted by molar-refractivity contribution is 5.82. The van der Waals surface area contributed by atoms with Crippen LogP contribution in [0.25, 0.3) is 0 Å². The summed E-state index contributed by atoms with van der Waals surface area (Å²) in [5, 5.41) is 17.8. The third-order valence-corrected chi connectivity index (χ3v) is 2.63. The molecular weight excluding hydrogens is 230 g/mol. The number of hydrogen-bond donors (Lipinski definition) is 2. The summed E-state index contributed by atoms with van der Waals surface area (Å²) in [4.78, 5) is 0. The Balaban J connectivity index is 2.36. The first-order valence-corrected chi connectivity index (χ1v) is 6.03. The van der Waals surface area contributed by atoms with E-state index >= 15 is 0 Å². The van der Waals surface area contributed by atoms with E-state index in [0.717, 1.165) is 5.56 Å². The van der Waals surface area contributed by atoms with E-state index in [1.54, 1.807) is 7.11 Å². The fourth-order valence-corrected chi connectivity index (χ4v) is 1.70. The van der Waals surface area contributed by atoms with Gasteiger partial charge in [0.15, 0.2) is 0 Å². The maximum atomic E-state index is 9.97. The van der Waals surface area contributed by atoms with Crippen LogP contribution >= 0.6 is 0 Å². The molecule has 1 aromatic rings. The van der Waals surface area contributed by atoms with E-state index in [-0.39, 0.29) is 12.9 Å². The van der Waals surface area contributed by atoms with E-state index in [2.05, 4.69) is 0 Å². The lowest BCUT2D eigenvalue weighted by molar-refractivity contribution is -0.0627. The van der Waals surface area contributed by atoms with Gasteiger partial charge in [0.1, 0.15) is 6.79 Å². The van der Waals surface area contributed by atoms with Crippen LogP contribution in [0.3, 0.4) is 0 Å². The first kappa shape index (κ1) is 14.8. The minimum atomic E-state index is -0.617. The van der Waals surface area contributed by atoms with Crippen molar-refractivity contribution in [2.75, 3.05) is 13.9 Å². The Hall–Kier alpha value is -1.23. The Morgan fingerprint density at radius 2 is 1.94 bits per heavy atom. The molecule has 0 aromatic heterocycles. The lowest BCUT2D eigenvalue weighted by Gasteiger charge is -2.15. The quantitative estimate of drug-likeness (QED) is 0.551. The number of ether oxygens (including phenoxy) is 2. The predicted molar refractivity (Wildman–Crippen MR) is 70.8 cm³/mol. The zero-order valence-electron chi connectivity index (χ0n) is 10.9. The minimum absolute atomic E-state index is 0.0691. The van der Waals surface area contributed by atoms with E-state index in [9.17, 15) is 5.11 Å². The zero-order chi connectivity index (χ0) is 13.4. The Labute approximate surface area is 108 Å². The lowest BCUT2D eigenvalue weighted by atomic mass is 10.0. The molecule has 0 aliphatic carbocycles. The minimum Gasteiger partial charge on any atom is -0.388 e. The van der Waals surface area contributed by atoms with Gasteiger partial charge in [0.05, 0.1) is 12.2 Å². The average Bonchev–Trinajstić information content (AvgIpc) is 2.37. The van der Waals surface area contributed by atoms with Gasteiger partial charge in [-0.2, -0.15) is 0 Å². The van der Waals surface area contributed by atoms with Crippen molar-refractivity contribution in [2.24, 2.45) is 0 Å². The Morgan fingerprint density at radius 1 is 1.28 bits per heavy atom. The van der Waals surface area contributed by atoms with E-state index < -0.39 is 6.10 Å². The fourth-order valence-electron chi connectivity index (χ4n) is 1.70. The number of benzene rings is 1. The predicted octanol–water partition coefficient (Wildman–Crippen LogP) is 2.53. The zero-order valence-corrected chi connectivity index (χ0v) is 10.9. The largest absolute Gasteiger partial charge is 0.388 e. The summed E-state index contributed by atoms with van der Waals surface area (Å²) in [5.41, 5.74) is 1.32. The lowest BCUT2D eigenvalue weighted by Crippen LogP contribution is -2.16. The van der Waals surface area contributed by atoms with Gasteiger partial charge in [-0.1, -0.05) is 30.3 Å². The van der Waals surface area contributed by atoms with Gasteiger partial charge in [-0.05, 0) is 12.5 Å². The van der Waals surface area contributed by atoms with Crippen molar-refractivity contribution >= 4 is 5.71 Å². The molecule has 0 fully saturated rings. The molecular formula is C14H21NO3. The first-order valence-electron chi connectivity index (χ1n) is 6.03. The number of aliphatic hydroxyl groups is 1. The van der Waals surface area contributed by atoms with Crippen molar-refractivity contribution in [1.29, 1.82) is 5.41 Å². The molecule has 0 saturated carbocycles. The van der Waals surface area contributed by atoms with Crippen molar-refractivity contribution in [3.63, 3.8) is 0 Å². The monoisotopic (exact) mass is 251 g/mol. The smallest absolute Gasteiger partial charge is 0.146 e. The fraction of sp³-hybridized carbons (Fsp3) is 0.500. The summed E-state index contributed by atoms with van der Waals surface area (Å²) in [7, 11) is 1.57. The van der Waals surface area contributed by atoms with E-state index in [1.165, 1.54) is 0 Å². The van der Waals surface area contributed by atoms with Gasteiger partial charge in [0.2, 0.25) is 0 Å². The highest BCUT2D eigenvalue weighted by Gasteiger charge is 2.12. The topological polar surface area (TPSA) is 62.5 Å². The van der Waals surface area contributed by atoms with Crippen LogP contribution < -0.4 is 0 Å². The summed E-state index contributed by atoms with van der Waals surface area (Å²) in [6.45, 7) is 2.12. The molecule has 100 valence electrons. The molecule has 0 spiro atoms. The van der Waals surface area contributed by atoms with Gasteiger partial charge in [0, 0.05) is 25.7 Å². The second-order valence-corrected chi connectivity index (χ2v) is 4.32. The molecule has 0 radical (unpaired) electrons. The number of aliphatic hydroxyl groups excluding tert-OH is 1. The van der Waals surface area contributed by atoms with Crippen LogP contribution in [0.4, 0.5) is 0 Å². The summed E-state index contributed by atoms with van der Waals surface area (Å²) >= 11 is 0. The molecule has 4 nitrogen and oxygen atoms in total. The number of methoxy groups -OCH3 is 1. The number of hydrogen-bond acceptors (Lipinski definition) is 4. The van der Waals surface area contributed by atoms with Gasteiger partial charge in [-0.25, -0.2) is 0 Å². The molecule has 0 saturated heterocycles. The summed E-state index contributed by atoms with van der Waals surface area (Å²) in [6.07, 6.45) is 0.159. The molecule has 0 amide bonds. The highest BCUT2D eigenvalue weighted by Crippen LogP contribution is 2.17. The average molecular weight is 251 g/mol. The second-order valence-electron chi connectivity index (χ2n) is 4.32. The molecule has 0 bridgehead atoms. The molecule has 0 aliphatic rings. The molecule has 0 heterocycles. The van der Waals surface area contributed by atoms with Gasteiger partial charge >= 0.3 is 0 Å². The van der Waals surface area contributed by atoms with Crippen molar-refractivity contribution in [3.8, 4) is 0 Å². The molecule has 18 heavy (non-hydrogen) atoms. The molecule has 0 unspecified atom stereocenters. The van der Waals surface area contributed by atoms with Gasteiger partial charge < -0.3 is 20.0 Å². The van der Waals surface area contributed by atoms with Gasteiger partial charge in [-0.3, -0.25) is 0 Å². The van der Waals surface area contributed by atoms with Crippen LogP contribution in [0.1, 0.15) is 31.4 Å². The molecule has 1 aromatic carbocycles. The van der Waals surface area contributed by atoms with Crippen molar-refractivity contribution in [3.05, 3.63) is 35.9 Å². The summed E-state index contributed by atoms with van der Waals surface area (Å²) in [6, 6.07) is 9.40. The molecule has 2 atom stereocenters. The second kappa shape index (κ2) is 7.97. The Morgan fingerprint density at radius 3 is 2.56 bits per heavy atom. The summed E-state index contributed by atoms with van der Waals surface area (Å²) in [5.74, 6) is 0. The Bertz CT molecular complexity index is 353. The summed E-state index contributed by atoms with van der Waals surface area (Å²) < 4.78 is 10.1. The van der Waals surface area contributed by atoms with E-state index in [4.69, 9.17) is 14.9 Å². The molecule has 4 heteroatoms. The number of nitrogens with one attached hydrogen (secondary N) is 1. The Kier molecular flexibility index (Phi) is 6.57. The number of rotatable bonds is 8. The van der Waals surface area contributed by atoms with Crippen LogP contribution in [0.2, 0.25) is 0 Å². The van der Waals surface area contributed by atoms with E-state index in [0.29, 0.717) is 18.6 Å². The van der Waals surface area contributed by atoms with Gasteiger partial charge in [0.25, 0.3) is 0 Å². The van der Waals surface area contributed by atoms with Crippen molar-refractivity contribution < 1.29 is 14.6 Å². The molecule has 0 aliphatic heterocycles. The third kappa shape index (κ3) is 5.40. The standard InChI is InChI=1S/C14H21NO3/c1-11(18-10-17-2)8-13(15)9-14(16)12-6-4-3-5-7-12/h3-7,11,14-16H,8-10H2,1-2H3/t11-,14+/m0/s1. The normalized spacial score (nSPS) is 14.2. The van der Waals surface area contributed by atoms with Crippen LogP contribution in [-0.2, 0) is 9.47 Å². The SMILES string of the molecule is COCO[C@@H](C)CC(=N)C[C@@H](O)c1ccccc1. The van der Waals surface area contributed by atoms with Gasteiger partial charge in [-0.15, -0.1) is 0 Å². The van der Waals surface area contributed by atoms with Crippen LogP contribution in [0, 0.1) is 5.41 Å². The van der Waals surface area contributed by atoms with Crippen LogP contribution in [0.15, 0.2) is 30.3 Å². The molecule has 2 N–H and O–H groups in total. The van der Waals surface area contributed by atoms with E-state index in [1.807, 2.05) is 37.3 Å². The van der Waals surface area contributed by atoms with Crippen molar-refractivity contribution in [2.45, 2.75) is 32.0 Å². The molecule has 1 rings (SSSR count). The maximum Gasteiger partial charge on any atom is 0.146 e. The first-order chi connectivity index (χ1) is 8.63. The van der Waals surface area contributed by atoms with Crippen molar-refractivity contribution in [1.82, 2.24) is 0 Å². The third-order valence-electron chi connectivity index (χ3n) is 2.63. The highest BCUT2D eigenvalue weighted by atomic mass is 16.7. The maximum absolute atomic E-state index is 9.97. The van der Waals surface area contributed by atoms with Crippen LogP contribution in [-0.4, -0.2) is 30.8 Å². The van der Waals surface area contributed by atoms with Crippen LogP contribution in [0.5, 0.6) is 0 Å².